The van der Waals surface area contributed by atoms with Gasteiger partial charge >= 0.3 is 6.18 Å². The second-order valence-corrected chi connectivity index (χ2v) is 10.1. The van der Waals surface area contributed by atoms with Crippen molar-refractivity contribution in [1.82, 2.24) is 10.2 Å². The highest BCUT2D eigenvalue weighted by atomic mass is 19.4. The summed E-state index contributed by atoms with van der Waals surface area (Å²) in [6, 6.07) is 11.1. The molecule has 1 aliphatic heterocycles. The van der Waals surface area contributed by atoms with Crippen molar-refractivity contribution in [2.24, 2.45) is 10.9 Å². The predicted octanol–water partition coefficient (Wildman–Crippen LogP) is 6.63. The Labute approximate surface area is 250 Å². The number of carbonyl (C=O) groups excluding carboxylic acids is 2. The van der Waals surface area contributed by atoms with E-state index < -0.39 is 11.7 Å². The summed E-state index contributed by atoms with van der Waals surface area (Å²) < 4.78 is 48.0. The number of amides is 2. The minimum Gasteiger partial charge on any atom is -0.457 e. The molecular formula is C33H38F3N3O4. The lowest BCUT2D eigenvalue weighted by Gasteiger charge is -2.38. The van der Waals surface area contributed by atoms with Crippen molar-refractivity contribution in [2.75, 3.05) is 40.4 Å². The smallest absolute Gasteiger partial charge is 0.416 e. The topological polar surface area (TPSA) is 80.2 Å². The number of hydrogen-bond donors (Lipinski definition) is 1. The van der Waals surface area contributed by atoms with Crippen LogP contribution in [0.15, 0.2) is 88.5 Å². The Kier molecular flexibility index (Phi) is 11.9. The van der Waals surface area contributed by atoms with E-state index in [9.17, 15) is 22.8 Å². The molecule has 0 saturated carbocycles. The van der Waals surface area contributed by atoms with Gasteiger partial charge in [-0.25, -0.2) is 0 Å². The SMILES string of the molecule is C/C=C1\C(=NC)C=CC(C(=O)NCCOC)=C1C.CCC1CN(C(=O)c2ccc(Oc3ccc(C(F)(F)F)cc3)cc2)C1. The molecule has 2 amide bonds. The van der Waals surface area contributed by atoms with Crippen LogP contribution in [-0.2, 0) is 15.7 Å². The Morgan fingerprint density at radius 3 is 2.16 bits per heavy atom. The van der Waals surface area contributed by atoms with E-state index in [1.807, 2.05) is 32.1 Å². The lowest BCUT2D eigenvalue weighted by Crippen LogP contribution is -2.49. The molecule has 1 heterocycles. The monoisotopic (exact) mass is 597 g/mol. The van der Waals surface area contributed by atoms with Crippen molar-refractivity contribution in [2.45, 2.75) is 33.4 Å². The van der Waals surface area contributed by atoms with Crippen LogP contribution in [0.1, 0.15) is 43.1 Å². The zero-order chi connectivity index (χ0) is 31.6. The molecule has 2 aliphatic rings. The summed E-state index contributed by atoms with van der Waals surface area (Å²) in [6.45, 7) is 8.61. The van der Waals surface area contributed by atoms with Gasteiger partial charge in [-0.05, 0) is 98.0 Å². The van der Waals surface area contributed by atoms with Crippen molar-refractivity contribution in [1.29, 1.82) is 0 Å². The summed E-state index contributed by atoms with van der Waals surface area (Å²) in [5.41, 5.74) is 3.41. The van der Waals surface area contributed by atoms with E-state index in [1.165, 1.54) is 12.1 Å². The molecule has 0 bridgehead atoms. The molecule has 0 unspecified atom stereocenters. The van der Waals surface area contributed by atoms with Gasteiger partial charge in [-0.15, -0.1) is 0 Å². The quantitative estimate of drug-likeness (QED) is 0.347. The summed E-state index contributed by atoms with van der Waals surface area (Å²) in [4.78, 5) is 30.3. The largest absolute Gasteiger partial charge is 0.457 e. The van der Waals surface area contributed by atoms with Crippen LogP contribution in [0.3, 0.4) is 0 Å². The number of nitrogens with one attached hydrogen (secondary N) is 1. The molecule has 2 aromatic rings. The van der Waals surface area contributed by atoms with Crippen molar-refractivity contribution < 1.29 is 32.2 Å². The van der Waals surface area contributed by atoms with E-state index >= 15 is 0 Å². The van der Waals surface area contributed by atoms with Crippen LogP contribution in [0.4, 0.5) is 13.2 Å². The maximum Gasteiger partial charge on any atom is 0.416 e. The van der Waals surface area contributed by atoms with Crippen molar-refractivity contribution in [3.05, 3.63) is 94.6 Å². The van der Waals surface area contributed by atoms with Gasteiger partial charge < -0.3 is 19.7 Å². The van der Waals surface area contributed by atoms with Crippen LogP contribution in [0, 0.1) is 5.92 Å². The number of alkyl halides is 3. The molecule has 230 valence electrons. The minimum absolute atomic E-state index is 0.00854. The zero-order valence-electron chi connectivity index (χ0n) is 25.1. The molecule has 10 heteroatoms. The van der Waals surface area contributed by atoms with Gasteiger partial charge in [0.05, 0.1) is 17.9 Å². The highest BCUT2D eigenvalue weighted by Gasteiger charge is 2.31. The average molecular weight is 598 g/mol. The van der Waals surface area contributed by atoms with Crippen LogP contribution >= 0.6 is 0 Å². The van der Waals surface area contributed by atoms with E-state index in [-0.39, 0.29) is 11.8 Å². The first kappa shape index (κ1) is 33.3. The van der Waals surface area contributed by atoms with Gasteiger partial charge in [-0.2, -0.15) is 13.2 Å². The number of likely N-dealkylation sites (tertiary alicyclic amines) is 1. The van der Waals surface area contributed by atoms with Gasteiger partial charge in [-0.1, -0.05) is 13.0 Å². The van der Waals surface area contributed by atoms with E-state index in [2.05, 4.69) is 17.2 Å². The molecule has 2 aromatic carbocycles. The molecule has 1 saturated heterocycles. The number of methoxy groups -OCH3 is 1. The maximum atomic E-state index is 12.5. The van der Waals surface area contributed by atoms with Gasteiger partial charge in [-0.3, -0.25) is 14.6 Å². The number of carbonyl (C=O) groups is 2. The highest BCUT2D eigenvalue weighted by molar-refractivity contribution is 6.16. The minimum atomic E-state index is -4.37. The third kappa shape index (κ3) is 8.90. The summed E-state index contributed by atoms with van der Waals surface area (Å²) in [7, 11) is 3.36. The van der Waals surface area contributed by atoms with Crippen LogP contribution in [0.25, 0.3) is 0 Å². The molecule has 4 rings (SSSR count). The van der Waals surface area contributed by atoms with E-state index in [0.29, 0.717) is 41.7 Å². The number of benzene rings is 2. The Bertz CT molecular complexity index is 1390. The molecule has 0 aromatic heterocycles. The van der Waals surface area contributed by atoms with Crippen molar-refractivity contribution in [3.63, 3.8) is 0 Å². The second kappa shape index (κ2) is 15.3. The van der Waals surface area contributed by atoms with E-state index in [4.69, 9.17) is 9.47 Å². The van der Waals surface area contributed by atoms with Crippen molar-refractivity contribution in [3.8, 4) is 11.5 Å². The molecule has 0 radical (unpaired) electrons. The van der Waals surface area contributed by atoms with Crippen LogP contribution in [0.5, 0.6) is 11.5 Å². The molecule has 0 spiro atoms. The standard InChI is InChI=1S/C19H18F3NO2.C14H20N2O2/c1-2-13-11-23(12-13)18(24)14-3-7-16(8-4-14)25-17-9-5-15(6-10-17)19(20,21)22;1-5-11-10(2)12(6-7-13(11)15-3)14(17)16-8-9-18-4/h3-10,13H,2,11-12H2,1H3;5-7H,8-9H2,1-4H3,(H,16,17)/b;11-5-,15-13?. The Morgan fingerprint density at radius 2 is 1.65 bits per heavy atom. The fraction of sp³-hybridized carbons (Fsp3) is 0.364. The van der Waals surface area contributed by atoms with Gasteiger partial charge in [0.1, 0.15) is 11.5 Å². The first-order chi connectivity index (χ1) is 20.5. The molecule has 43 heavy (non-hydrogen) atoms. The predicted molar refractivity (Wildman–Crippen MR) is 161 cm³/mol. The molecule has 1 N–H and O–H groups in total. The summed E-state index contributed by atoms with van der Waals surface area (Å²) >= 11 is 0. The molecule has 1 aliphatic carbocycles. The van der Waals surface area contributed by atoms with Crippen molar-refractivity contribution >= 4 is 17.5 Å². The number of ether oxygens (including phenoxy) is 2. The van der Waals surface area contributed by atoms with Gasteiger partial charge in [0.2, 0.25) is 0 Å². The lowest BCUT2D eigenvalue weighted by atomic mass is 9.91. The Balaban J connectivity index is 0.000000250. The van der Waals surface area contributed by atoms with Gasteiger partial charge in [0.15, 0.2) is 0 Å². The number of halogens is 3. The van der Waals surface area contributed by atoms with Crippen LogP contribution in [0.2, 0.25) is 0 Å². The number of aliphatic imine (C=N–C) groups is 1. The van der Waals surface area contributed by atoms with Gasteiger partial charge in [0.25, 0.3) is 11.8 Å². The highest BCUT2D eigenvalue weighted by Crippen LogP contribution is 2.31. The van der Waals surface area contributed by atoms with E-state index in [1.54, 1.807) is 43.3 Å². The molecule has 7 nitrogen and oxygen atoms in total. The zero-order valence-corrected chi connectivity index (χ0v) is 25.1. The van der Waals surface area contributed by atoms with E-state index in [0.717, 1.165) is 48.5 Å². The second-order valence-electron chi connectivity index (χ2n) is 10.1. The average Bonchev–Trinajstić information content (AvgIpc) is 2.97. The lowest BCUT2D eigenvalue weighted by molar-refractivity contribution is -0.137. The first-order valence-corrected chi connectivity index (χ1v) is 14.1. The van der Waals surface area contributed by atoms with Crippen LogP contribution < -0.4 is 10.1 Å². The first-order valence-electron chi connectivity index (χ1n) is 14.1. The fourth-order valence-electron chi connectivity index (χ4n) is 4.57. The fourth-order valence-corrected chi connectivity index (χ4v) is 4.57. The number of hydrogen-bond acceptors (Lipinski definition) is 5. The number of rotatable bonds is 8. The summed E-state index contributed by atoms with van der Waals surface area (Å²) in [5.74, 6) is 1.28. The number of allylic oxidation sites excluding steroid dienone is 4. The third-order valence-electron chi connectivity index (χ3n) is 7.20. The molecule has 0 atom stereocenters. The van der Waals surface area contributed by atoms with Crippen LogP contribution in [-0.4, -0.2) is 62.8 Å². The summed E-state index contributed by atoms with van der Waals surface area (Å²) in [5, 5.41) is 2.82. The summed E-state index contributed by atoms with van der Waals surface area (Å²) in [6.07, 6.45) is 2.36. The molecular weight excluding hydrogens is 559 g/mol. The Morgan fingerprint density at radius 1 is 1.05 bits per heavy atom. The number of nitrogens with zero attached hydrogens (tertiary/aromatic N) is 2. The Hall–Kier alpha value is -4.18. The van der Waals surface area contributed by atoms with Gasteiger partial charge in [0, 0.05) is 44.9 Å². The normalized spacial score (nSPS) is 17.0. The third-order valence-corrected chi connectivity index (χ3v) is 7.20. The maximum absolute atomic E-state index is 12.5. The molecule has 1 fully saturated rings.